The van der Waals surface area contributed by atoms with Gasteiger partial charge in [-0.1, -0.05) is 35.0 Å². The lowest BCUT2D eigenvalue weighted by Crippen LogP contribution is -2.31. The van der Waals surface area contributed by atoms with Crippen molar-refractivity contribution in [2.45, 2.75) is 26.7 Å². The van der Waals surface area contributed by atoms with Crippen molar-refractivity contribution >= 4 is 23.2 Å². The highest BCUT2D eigenvalue weighted by Gasteiger charge is 2.17. The van der Waals surface area contributed by atoms with E-state index >= 15 is 0 Å². The zero-order valence-electron chi connectivity index (χ0n) is 14.8. The molecule has 26 heavy (non-hydrogen) atoms. The molecule has 0 unspecified atom stereocenters. The molecule has 0 N–H and O–H groups in total. The number of rotatable bonds is 6. The van der Waals surface area contributed by atoms with Crippen LogP contribution in [0.5, 0.6) is 0 Å². The molecule has 0 aliphatic carbocycles. The third-order valence-corrected chi connectivity index (χ3v) is 4.40. The molecule has 1 heterocycles. The molecule has 0 radical (unpaired) electrons. The minimum atomic E-state index is 0.0352. The molecule has 0 aliphatic heterocycles. The maximum Gasteiger partial charge on any atom is 0.227 e. The molecule has 2 aromatic carbocycles. The Balaban J connectivity index is 1.66. The van der Waals surface area contributed by atoms with Crippen LogP contribution in [-0.2, 0) is 11.2 Å². The number of carbonyl (C=O) groups is 1. The Morgan fingerprint density at radius 3 is 2.58 bits per heavy atom. The van der Waals surface area contributed by atoms with Gasteiger partial charge in [-0.05, 0) is 49.7 Å². The Morgan fingerprint density at radius 2 is 1.88 bits per heavy atom. The number of para-hydroxylation sites is 1. The number of halogens is 1. The number of aromatic nitrogens is 2. The van der Waals surface area contributed by atoms with E-state index in [0.29, 0.717) is 36.1 Å². The quantitative estimate of drug-likeness (QED) is 0.632. The van der Waals surface area contributed by atoms with Crippen LogP contribution >= 0.6 is 11.6 Å². The summed E-state index contributed by atoms with van der Waals surface area (Å²) in [5.41, 5.74) is 2.84. The Bertz CT molecular complexity index is 890. The molecule has 0 spiro atoms. The van der Waals surface area contributed by atoms with Crippen LogP contribution in [0.2, 0.25) is 5.02 Å². The number of anilines is 1. The van der Waals surface area contributed by atoms with Gasteiger partial charge in [-0.15, -0.1) is 0 Å². The van der Waals surface area contributed by atoms with Crippen LogP contribution in [0.1, 0.15) is 24.8 Å². The number of benzene rings is 2. The van der Waals surface area contributed by atoms with E-state index in [2.05, 4.69) is 10.1 Å². The topological polar surface area (TPSA) is 59.2 Å². The van der Waals surface area contributed by atoms with E-state index in [4.69, 9.17) is 16.1 Å². The predicted molar refractivity (Wildman–Crippen MR) is 102 cm³/mol. The van der Waals surface area contributed by atoms with Crippen LogP contribution in [0, 0.1) is 6.92 Å². The standard InChI is InChI=1S/C20H20ClN3O2/c1-3-24(17-7-5-4-6-14(17)2)19(25)13-12-18-22-20(23-26-18)15-8-10-16(21)11-9-15/h4-11H,3,12-13H2,1-2H3. The second-order valence-electron chi connectivity index (χ2n) is 5.94. The van der Waals surface area contributed by atoms with Gasteiger partial charge >= 0.3 is 0 Å². The molecule has 0 aliphatic rings. The first-order valence-corrected chi connectivity index (χ1v) is 8.90. The monoisotopic (exact) mass is 369 g/mol. The van der Waals surface area contributed by atoms with Crippen LogP contribution < -0.4 is 4.90 Å². The number of aryl methyl sites for hydroxylation is 2. The van der Waals surface area contributed by atoms with Crippen molar-refractivity contribution in [3.05, 3.63) is 65.0 Å². The number of hydrogen-bond donors (Lipinski definition) is 0. The van der Waals surface area contributed by atoms with Gasteiger partial charge in [0, 0.05) is 35.7 Å². The van der Waals surface area contributed by atoms with Gasteiger partial charge in [-0.3, -0.25) is 4.79 Å². The highest BCUT2D eigenvalue weighted by atomic mass is 35.5. The molecule has 6 heteroatoms. The Hall–Kier alpha value is -2.66. The molecule has 0 saturated heterocycles. The lowest BCUT2D eigenvalue weighted by molar-refractivity contribution is -0.118. The molecule has 1 aromatic heterocycles. The van der Waals surface area contributed by atoms with Crippen LogP contribution in [0.15, 0.2) is 53.1 Å². The minimum Gasteiger partial charge on any atom is -0.339 e. The van der Waals surface area contributed by atoms with Gasteiger partial charge in [0.15, 0.2) is 0 Å². The van der Waals surface area contributed by atoms with Crippen molar-refractivity contribution in [1.29, 1.82) is 0 Å². The summed E-state index contributed by atoms with van der Waals surface area (Å²) in [5, 5.41) is 4.63. The smallest absolute Gasteiger partial charge is 0.227 e. The van der Waals surface area contributed by atoms with Gasteiger partial charge in [-0.25, -0.2) is 0 Å². The van der Waals surface area contributed by atoms with Crippen molar-refractivity contribution in [2.24, 2.45) is 0 Å². The maximum atomic E-state index is 12.6. The summed E-state index contributed by atoms with van der Waals surface area (Å²) in [4.78, 5) is 18.8. The fourth-order valence-corrected chi connectivity index (χ4v) is 2.89. The van der Waals surface area contributed by atoms with E-state index in [0.717, 1.165) is 16.8 Å². The fraction of sp³-hybridized carbons (Fsp3) is 0.250. The third-order valence-electron chi connectivity index (χ3n) is 4.15. The molecule has 134 valence electrons. The molecule has 0 atom stereocenters. The second-order valence-corrected chi connectivity index (χ2v) is 6.38. The molecule has 0 saturated carbocycles. The molecule has 0 fully saturated rings. The highest BCUT2D eigenvalue weighted by molar-refractivity contribution is 6.30. The zero-order chi connectivity index (χ0) is 18.5. The van der Waals surface area contributed by atoms with Crippen molar-refractivity contribution in [1.82, 2.24) is 10.1 Å². The number of hydrogen-bond acceptors (Lipinski definition) is 4. The summed E-state index contributed by atoms with van der Waals surface area (Å²) < 4.78 is 5.28. The summed E-state index contributed by atoms with van der Waals surface area (Å²) in [6.07, 6.45) is 0.715. The van der Waals surface area contributed by atoms with Gasteiger partial charge in [0.1, 0.15) is 0 Å². The van der Waals surface area contributed by atoms with Gasteiger partial charge in [0.05, 0.1) is 0 Å². The average molecular weight is 370 g/mol. The third kappa shape index (κ3) is 4.11. The van der Waals surface area contributed by atoms with Crippen LogP contribution in [-0.4, -0.2) is 22.6 Å². The number of amides is 1. The minimum absolute atomic E-state index is 0.0352. The number of carbonyl (C=O) groups excluding carboxylic acids is 1. The highest BCUT2D eigenvalue weighted by Crippen LogP contribution is 2.21. The Labute approximate surface area is 157 Å². The van der Waals surface area contributed by atoms with E-state index < -0.39 is 0 Å². The molecule has 5 nitrogen and oxygen atoms in total. The summed E-state index contributed by atoms with van der Waals surface area (Å²) in [7, 11) is 0. The van der Waals surface area contributed by atoms with E-state index in [1.54, 1.807) is 17.0 Å². The lowest BCUT2D eigenvalue weighted by Gasteiger charge is -2.22. The van der Waals surface area contributed by atoms with Gasteiger partial charge < -0.3 is 9.42 Å². The molecular formula is C20H20ClN3O2. The zero-order valence-corrected chi connectivity index (χ0v) is 15.5. The molecule has 1 amide bonds. The number of nitrogens with zero attached hydrogens (tertiary/aromatic N) is 3. The van der Waals surface area contributed by atoms with Gasteiger partial charge in [0.25, 0.3) is 0 Å². The van der Waals surface area contributed by atoms with Crippen molar-refractivity contribution in [3.8, 4) is 11.4 Å². The summed E-state index contributed by atoms with van der Waals surface area (Å²) in [6.45, 7) is 4.58. The van der Waals surface area contributed by atoms with Crippen LogP contribution in [0.4, 0.5) is 5.69 Å². The van der Waals surface area contributed by atoms with Crippen LogP contribution in [0.25, 0.3) is 11.4 Å². The first kappa shape index (κ1) is 18.1. The van der Waals surface area contributed by atoms with E-state index in [1.807, 2.05) is 50.2 Å². The normalized spacial score (nSPS) is 10.7. The van der Waals surface area contributed by atoms with E-state index in [-0.39, 0.29) is 5.91 Å². The largest absolute Gasteiger partial charge is 0.339 e. The first-order chi connectivity index (χ1) is 12.6. The first-order valence-electron chi connectivity index (χ1n) is 8.53. The van der Waals surface area contributed by atoms with Gasteiger partial charge in [-0.2, -0.15) is 4.98 Å². The molecule has 3 rings (SSSR count). The van der Waals surface area contributed by atoms with Crippen molar-refractivity contribution < 1.29 is 9.32 Å². The lowest BCUT2D eigenvalue weighted by atomic mass is 10.1. The second kappa shape index (κ2) is 8.15. The van der Waals surface area contributed by atoms with Gasteiger partial charge in [0.2, 0.25) is 17.6 Å². The summed E-state index contributed by atoms with van der Waals surface area (Å²) in [6, 6.07) is 15.1. The summed E-state index contributed by atoms with van der Waals surface area (Å²) >= 11 is 5.89. The van der Waals surface area contributed by atoms with E-state index in [1.165, 1.54) is 0 Å². The SMILES string of the molecule is CCN(C(=O)CCc1nc(-c2ccc(Cl)cc2)no1)c1ccccc1C. The fourth-order valence-electron chi connectivity index (χ4n) is 2.77. The molecule has 3 aromatic rings. The average Bonchev–Trinajstić information content (AvgIpc) is 3.12. The molecule has 0 bridgehead atoms. The Morgan fingerprint density at radius 1 is 1.15 bits per heavy atom. The van der Waals surface area contributed by atoms with Crippen molar-refractivity contribution in [3.63, 3.8) is 0 Å². The summed E-state index contributed by atoms with van der Waals surface area (Å²) in [5.74, 6) is 0.979. The Kier molecular flexibility index (Phi) is 5.68. The maximum absolute atomic E-state index is 12.6. The van der Waals surface area contributed by atoms with Crippen LogP contribution in [0.3, 0.4) is 0 Å². The van der Waals surface area contributed by atoms with E-state index in [9.17, 15) is 4.79 Å². The van der Waals surface area contributed by atoms with Crippen molar-refractivity contribution in [2.75, 3.05) is 11.4 Å². The predicted octanol–water partition coefficient (Wildman–Crippen LogP) is 4.68. The molecular weight excluding hydrogens is 350 g/mol.